The molecule has 0 spiro atoms. The number of aromatic nitrogens is 3. The van der Waals surface area contributed by atoms with Gasteiger partial charge in [0, 0.05) is 32.1 Å². The number of carbonyl (C=O) groups excluding carboxylic acids is 1. The molecule has 0 bridgehead atoms. The molecule has 0 atom stereocenters. The third-order valence-electron chi connectivity index (χ3n) is 3.91. The number of ether oxygens (including phenoxy) is 1. The summed E-state index contributed by atoms with van der Waals surface area (Å²) < 4.78 is 6.83. The van der Waals surface area contributed by atoms with Crippen LogP contribution in [0.2, 0.25) is 0 Å². The van der Waals surface area contributed by atoms with Crippen LogP contribution >= 0.6 is 0 Å². The third-order valence-corrected chi connectivity index (χ3v) is 3.91. The Hall–Kier alpha value is -2.55. The Morgan fingerprint density at radius 1 is 1.43 bits per heavy atom. The molecule has 1 fully saturated rings. The van der Waals surface area contributed by atoms with Crippen LogP contribution in [-0.4, -0.2) is 56.1 Å². The van der Waals surface area contributed by atoms with E-state index in [9.17, 15) is 14.9 Å². The van der Waals surface area contributed by atoms with E-state index in [4.69, 9.17) is 4.74 Å². The monoisotopic (exact) mass is 319 g/mol. The standard InChI is InChI=1S/C14H17N5O4/c1-2-23-11-3-5-17(6-4-11)14(20)10-7-15-13-12(19(21)22)8-16-18(13)9-10/h7-9,11H,2-6H2,1H3. The van der Waals surface area contributed by atoms with Crippen LogP contribution in [0.25, 0.3) is 5.65 Å². The van der Waals surface area contributed by atoms with Gasteiger partial charge in [0.2, 0.25) is 5.65 Å². The molecule has 1 amide bonds. The van der Waals surface area contributed by atoms with Crippen molar-refractivity contribution in [1.82, 2.24) is 19.5 Å². The molecule has 0 N–H and O–H groups in total. The first-order valence-electron chi connectivity index (χ1n) is 7.48. The maximum absolute atomic E-state index is 12.5. The van der Waals surface area contributed by atoms with Crippen molar-refractivity contribution in [3.05, 3.63) is 34.3 Å². The fraction of sp³-hybridized carbons (Fsp3) is 0.500. The first kappa shape index (κ1) is 15.3. The minimum absolute atomic E-state index is 0.126. The maximum Gasteiger partial charge on any atom is 0.333 e. The molecule has 1 saturated heterocycles. The van der Waals surface area contributed by atoms with Crippen LogP contribution in [0.1, 0.15) is 30.1 Å². The van der Waals surface area contributed by atoms with E-state index in [0.29, 0.717) is 25.3 Å². The molecule has 0 aliphatic carbocycles. The third kappa shape index (κ3) is 3.00. The molecule has 23 heavy (non-hydrogen) atoms. The summed E-state index contributed by atoms with van der Waals surface area (Å²) in [6.07, 6.45) is 5.79. The fourth-order valence-corrected chi connectivity index (χ4v) is 2.75. The zero-order valence-electron chi connectivity index (χ0n) is 12.7. The van der Waals surface area contributed by atoms with Crippen LogP contribution in [0.3, 0.4) is 0 Å². The number of likely N-dealkylation sites (tertiary alicyclic amines) is 1. The second kappa shape index (κ2) is 6.29. The summed E-state index contributed by atoms with van der Waals surface area (Å²) in [6, 6.07) is 0. The quantitative estimate of drug-likeness (QED) is 0.621. The molecule has 0 aromatic carbocycles. The summed E-state index contributed by atoms with van der Waals surface area (Å²) in [5.74, 6) is -0.146. The number of amides is 1. The number of nitrogens with zero attached hydrogens (tertiary/aromatic N) is 5. The Kier molecular flexibility index (Phi) is 4.20. The van der Waals surface area contributed by atoms with Gasteiger partial charge < -0.3 is 9.64 Å². The Bertz CT molecular complexity index is 736. The summed E-state index contributed by atoms with van der Waals surface area (Å²) in [5.41, 5.74) is 0.313. The SMILES string of the molecule is CCOC1CCN(C(=O)c2cnc3c([N+](=O)[O-])cnn3c2)CC1. The van der Waals surface area contributed by atoms with Gasteiger partial charge in [0.1, 0.15) is 6.20 Å². The van der Waals surface area contributed by atoms with Crippen molar-refractivity contribution in [3.8, 4) is 0 Å². The van der Waals surface area contributed by atoms with E-state index in [1.807, 2.05) is 6.92 Å². The van der Waals surface area contributed by atoms with Gasteiger partial charge in [-0.05, 0) is 19.8 Å². The van der Waals surface area contributed by atoms with E-state index in [1.54, 1.807) is 4.90 Å². The summed E-state index contributed by atoms with van der Waals surface area (Å²) >= 11 is 0. The summed E-state index contributed by atoms with van der Waals surface area (Å²) in [7, 11) is 0. The van der Waals surface area contributed by atoms with Gasteiger partial charge in [-0.15, -0.1) is 0 Å². The number of carbonyl (C=O) groups is 1. The first-order valence-corrected chi connectivity index (χ1v) is 7.48. The molecule has 0 radical (unpaired) electrons. The van der Waals surface area contributed by atoms with E-state index < -0.39 is 4.92 Å². The predicted molar refractivity (Wildman–Crippen MR) is 80.2 cm³/mol. The highest BCUT2D eigenvalue weighted by Crippen LogP contribution is 2.19. The lowest BCUT2D eigenvalue weighted by molar-refractivity contribution is -0.383. The number of fused-ring (bicyclic) bond motifs is 1. The molecule has 122 valence electrons. The Morgan fingerprint density at radius 3 is 2.83 bits per heavy atom. The van der Waals surface area contributed by atoms with Crippen molar-refractivity contribution >= 4 is 17.2 Å². The average Bonchev–Trinajstić information content (AvgIpc) is 2.98. The highest BCUT2D eigenvalue weighted by atomic mass is 16.6. The smallest absolute Gasteiger partial charge is 0.333 e. The zero-order valence-corrected chi connectivity index (χ0v) is 12.7. The van der Waals surface area contributed by atoms with Crippen LogP contribution < -0.4 is 0 Å². The topological polar surface area (TPSA) is 103 Å². The first-order chi connectivity index (χ1) is 11.1. The second-order valence-corrected chi connectivity index (χ2v) is 5.34. The highest BCUT2D eigenvalue weighted by molar-refractivity contribution is 5.94. The molecular weight excluding hydrogens is 302 g/mol. The fourth-order valence-electron chi connectivity index (χ4n) is 2.75. The lowest BCUT2D eigenvalue weighted by Gasteiger charge is -2.31. The van der Waals surface area contributed by atoms with Crippen LogP contribution in [0.15, 0.2) is 18.6 Å². The lowest BCUT2D eigenvalue weighted by atomic mass is 10.1. The van der Waals surface area contributed by atoms with E-state index in [1.165, 1.54) is 16.9 Å². The van der Waals surface area contributed by atoms with Crippen molar-refractivity contribution in [3.63, 3.8) is 0 Å². The zero-order chi connectivity index (χ0) is 16.4. The van der Waals surface area contributed by atoms with Crippen LogP contribution in [0.4, 0.5) is 5.69 Å². The van der Waals surface area contributed by atoms with E-state index in [-0.39, 0.29) is 23.3 Å². The van der Waals surface area contributed by atoms with Crippen molar-refractivity contribution < 1.29 is 14.5 Å². The molecule has 3 rings (SSSR count). The van der Waals surface area contributed by atoms with Crippen molar-refractivity contribution in [1.29, 1.82) is 0 Å². The molecule has 0 saturated carbocycles. The van der Waals surface area contributed by atoms with Gasteiger partial charge in [0.15, 0.2) is 0 Å². The number of hydrogen-bond donors (Lipinski definition) is 0. The Morgan fingerprint density at radius 2 is 2.17 bits per heavy atom. The van der Waals surface area contributed by atoms with Crippen LogP contribution in [0, 0.1) is 10.1 Å². The molecule has 1 aliphatic rings. The molecule has 1 aliphatic heterocycles. The maximum atomic E-state index is 12.5. The van der Waals surface area contributed by atoms with Gasteiger partial charge in [-0.3, -0.25) is 14.9 Å². The van der Waals surface area contributed by atoms with Crippen molar-refractivity contribution in [2.24, 2.45) is 0 Å². The van der Waals surface area contributed by atoms with Gasteiger partial charge in [0.25, 0.3) is 5.91 Å². The number of hydrogen-bond acceptors (Lipinski definition) is 6. The predicted octanol–water partition coefficient (Wildman–Crippen LogP) is 1.28. The lowest BCUT2D eigenvalue weighted by Crippen LogP contribution is -2.41. The van der Waals surface area contributed by atoms with Crippen LogP contribution in [-0.2, 0) is 4.74 Å². The largest absolute Gasteiger partial charge is 0.378 e. The number of piperidine rings is 1. The minimum Gasteiger partial charge on any atom is -0.378 e. The molecule has 9 heteroatoms. The van der Waals surface area contributed by atoms with Crippen molar-refractivity contribution in [2.75, 3.05) is 19.7 Å². The Balaban J connectivity index is 1.75. The number of nitro groups is 1. The van der Waals surface area contributed by atoms with E-state index in [0.717, 1.165) is 19.0 Å². The highest BCUT2D eigenvalue weighted by Gasteiger charge is 2.25. The summed E-state index contributed by atoms with van der Waals surface area (Å²) in [5, 5.41) is 14.7. The second-order valence-electron chi connectivity index (χ2n) is 5.34. The van der Waals surface area contributed by atoms with E-state index >= 15 is 0 Å². The van der Waals surface area contributed by atoms with E-state index in [2.05, 4.69) is 10.1 Å². The molecule has 3 heterocycles. The van der Waals surface area contributed by atoms with Gasteiger partial charge in [-0.2, -0.15) is 5.10 Å². The minimum atomic E-state index is -0.546. The van der Waals surface area contributed by atoms with Gasteiger partial charge >= 0.3 is 5.69 Å². The summed E-state index contributed by atoms with van der Waals surface area (Å²) in [6.45, 7) is 3.89. The molecular formula is C14H17N5O4. The number of rotatable bonds is 4. The molecule has 2 aromatic rings. The molecule has 2 aromatic heterocycles. The Labute approximate surface area is 132 Å². The van der Waals surface area contributed by atoms with Gasteiger partial charge in [0.05, 0.1) is 16.6 Å². The normalized spacial score (nSPS) is 16.0. The van der Waals surface area contributed by atoms with Crippen LogP contribution in [0.5, 0.6) is 0 Å². The molecule has 0 unspecified atom stereocenters. The summed E-state index contributed by atoms with van der Waals surface area (Å²) in [4.78, 5) is 28.6. The van der Waals surface area contributed by atoms with Crippen molar-refractivity contribution in [2.45, 2.75) is 25.9 Å². The van der Waals surface area contributed by atoms with Gasteiger partial charge in [-0.25, -0.2) is 9.50 Å². The van der Waals surface area contributed by atoms with Gasteiger partial charge in [-0.1, -0.05) is 0 Å². The molecule has 9 nitrogen and oxygen atoms in total. The average molecular weight is 319 g/mol.